The van der Waals surface area contributed by atoms with E-state index in [2.05, 4.69) is 32.6 Å². The predicted octanol–water partition coefficient (Wildman–Crippen LogP) is 2.54. The van der Waals surface area contributed by atoms with Crippen molar-refractivity contribution in [3.63, 3.8) is 0 Å². The summed E-state index contributed by atoms with van der Waals surface area (Å²) in [7, 11) is 0. The number of nitrogens with two attached hydrogens (primary N) is 1. The quantitative estimate of drug-likeness (QED) is 0.838. The van der Waals surface area contributed by atoms with Crippen LogP contribution in [0.15, 0.2) is 0 Å². The summed E-state index contributed by atoms with van der Waals surface area (Å²) in [6.45, 7) is 11.0. The third-order valence-electron chi connectivity index (χ3n) is 4.59. The molecule has 0 aromatic rings. The van der Waals surface area contributed by atoms with Crippen LogP contribution in [0.4, 0.5) is 0 Å². The fraction of sp³-hybridized carbons (Fsp3) is 1.00. The molecule has 2 rings (SSSR count). The SMILES string of the molecule is CC1(C)CC(N2CCCC2CCCN)C(C)(C)O1. The molecule has 2 aliphatic rings. The van der Waals surface area contributed by atoms with Crippen molar-refractivity contribution in [2.45, 2.75) is 83.1 Å². The lowest BCUT2D eigenvalue weighted by Crippen LogP contribution is -2.48. The lowest BCUT2D eigenvalue weighted by atomic mass is 9.92. The van der Waals surface area contributed by atoms with Gasteiger partial charge in [0.15, 0.2) is 0 Å². The van der Waals surface area contributed by atoms with Crippen LogP contribution in [0.2, 0.25) is 0 Å². The number of ether oxygens (including phenoxy) is 1. The minimum absolute atomic E-state index is 0.0190. The first-order valence-corrected chi connectivity index (χ1v) is 7.52. The molecule has 0 bridgehead atoms. The minimum atomic E-state index is -0.0190. The van der Waals surface area contributed by atoms with Crippen LogP contribution in [-0.2, 0) is 4.74 Å². The van der Waals surface area contributed by atoms with Gasteiger partial charge in [-0.1, -0.05) is 0 Å². The first-order valence-electron chi connectivity index (χ1n) is 7.52. The van der Waals surface area contributed by atoms with Crippen molar-refractivity contribution in [3.05, 3.63) is 0 Å². The van der Waals surface area contributed by atoms with Crippen LogP contribution in [0.5, 0.6) is 0 Å². The Labute approximate surface area is 112 Å². The molecule has 106 valence electrons. The van der Waals surface area contributed by atoms with E-state index >= 15 is 0 Å². The summed E-state index contributed by atoms with van der Waals surface area (Å²) in [6, 6.07) is 1.30. The van der Waals surface area contributed by atoms with Crippen LogP contribution in [-0.4, -0.2) is 41.3 Å². The second-order valence-electron chi connectivity index (χ2n) is 7.15. The van der Waals surface area contributed by atoms with E-state index in [-0.39, 0.29) is 11.2 Å². The van der Waals surface area contributed by atoms with Crippen molar-refractivity contribution in [1.29, 1.82) is 0 Å². The van der Waals surface area contributed by atoms with Gasteiger partial charge in [-0.3, -0.25) is 4.90 Å². The summed E-state index contributed by atoms with van der Waals surface area (Å²) in [5.74, 6) is 0. The van der Waals surface area contributed by atoms with Crippen molar-refractivity contribution in [2.75, 3.05) is 13.1 Å². The Kier molecular flexibility index (Phi) is 4.05. The van der Waals surface area contributed by atoms with E-state index in [9.17, 15) is 0 Å². The first kappa shape index (κ1) is 14.3. The third kappa shape index (κ3) is 2.89. The first-order chi connectivity index (χ1) is 8.36. The molecule has 0 aromatic carbocycles. The Morgan fingerprint density at radius 1 is 1.28 bits per heavy atom. The van der Waals surface area contributed by atoms with Crippen LogP contribution in [0.3, 0.4) is 0 Å². The maximum Gasteiger partial charge on any atom is 0.0789 e. The number of rotatable bonds is 4. The van der Waals surface area contributed by atoms with E-state index < -0.39 is 0 Å². The standard InChI is InChI=1S/C15H30N2O/c1-14(2)11-13(15(3,4)18-14)17-10-6-8-12(17)7-5-9-16/h12-13H,5-11,16H2,1-4H3. The van der Waals surface area contributed by atoms with Crippen LogP contribution < -0.4 is 5.73 Å². The Morgan fingerprint density at radius 2 is 2.00 bits per heavy atom. The monoisotopic (exact) mass is 254 g/mol. The Balaban J connectivity index is 2.05. The molecule has 2 heterocycles. The fourth-order valence-corrected chi connectivity index (χ4v) is 3.98. The largest absolute Gasteiger partial charge is 0.368 e. The van der Waals surface area contributed by atoms with Crippen molar-refractivity contribution in [2.24, 2.45) is 5.73 Å². The average Bonchev–Trinajstić information content (AvgIpc) is 2.76. The van der Waals surface area contributed by atoms with E-state index in [1.54, 1.807) is 0 Å². The van der Waals surface area contributed by atoms with Gasteiger partial charge < -0.3 is 10.5 Å². The summed E-state index contributed by atoms with van der Waals surface area (Å²) >= 11 is 0. The molecule has 2 atom stereocenters. The highest BCUT2D eigenvalue weighted by Gasteiger charge is 2.50. The maximum absolute atomic E-state index is 6.25. The molecule has 3 heteroatoms. The summed E-state index contributed by atoms with van der Waals surface area (Å²) in [5, 5.41) is 0. The van der Waals surface area contributed by atoms with Crippen molar-refractivity contribution >= 4 is 0 Å². The molecular formula is C15H30N2O. The van der Waals surface area contributed by atoms with Crippen LogP contribution in [0.1, 0.15) is 59.8 Å². The molecule has 2 fully saturated rings. The zero-order valence-corrected chi connectivity index (χ0v) is 12.5. The summed E-state index contributed by atoms with van der Waals surface area (Å²) in [6.07, 6.45) is 6.23. The van der Waals surface area contributed by atoms with Gasteiger partial charge in [-0.2, -0.15) is 0 Å². The van der Waals surface area contributed by atoms with Gasteiger partial charge in [0.1, 0.15) is 0 Å². The average molecular weight is 254 g/mol. The third-order valence-corrected chi connectivity index (χ3v) is 4.59. The van der Waals surface area contributed by atoms with E-state index in [1.165, 1.54) is 25.8 Å². The zero-order valence-electron chi connectivity index (χ0n) is 12.5. The van der Waals surface area contributed by atoms with Gasteiger partial charge in [0.25, 0.3) is 0 Å². The van der Waals surface area contributed by atoms with Crippen LogP contribution >= 0.6 is 0 Å². The van der Waals surface area contributed by atoms with Gasteiger partial charge in [0.2, 0.25) is 0 Å². The molecule has 0 radical (unpaired) electrons. The molecule has 0 spiro atoms. The molecule has 0 saturated carbocycles. The Morgan fingerprint density at radius 3 is 2.56 bits per heavy atom. The normalized spacial score (nSPS) is 35.2. The summed E-state index contributed by atoms with van der Waals surface area (Å²) in [5.41, 5.74) is 5.66. The number of nitrogens with zero attached hydrogens (tertiary/aromatic N) is 1. The number of hydrogen-bond acceptors (Lipinski definition) is 3. The summed E-state index contributed by atoms with van der Waals surface area (Å²) < 4.78 is 6.25. The van der Waals surface area contributed by atoms with E-state index in [0.717, 1.165) is 25.4 Å². The molecule has 2 unspecified atom stereocenters. The predicted molar refractivity (Wildman–Crippen MR) is 75.7 cm³/mol. The molecule has 0 aliphatic carbocycles. The molecule has 0 aromatic heterocycles. The van der Waals surface area contributed by atoms with Crippen molar-refractivity contribution in [3.8, 4) is 0 Å². The lowest BCUT2D eigenvalue weighted by Gasteiger charge is -2.37. The molecule has 2 aliphatic heterocycles. The van der Waals surface area contributed by atoms with Crippen molar-refractivity contribution in [1.82, 2.24) is 4.90 Å². The lowest BCUT2D eigenvalue weighted by molar-refractivity contribution is -0.0818. The molecule has 0 amide bonds. The highest BCUT2D eigenvalue weighted by molar-refractivity contribution is 5.02. The second-order valence-corrected chi connectivity index (χ2v) is 7.15. The minimum Gasteiger partial charge on any atom is -0.368 e. The van der Waals surface area contributed by atoms with Gasteiger partial charge in [0, 0.05) is 12.1 Å². The van der Waals surface area contributed by atoms with Crippen molar-refractivity contribution < 1.29 is 4.74 Å². The highest BCUT2D eigenvalue weighted by Crippen LogP contribution is 2.42. The Hall–Kier alpha value is -0.120. The van der Waals surface area contributed by atoms with E-state index in [1.807, 2.05) is 0 Å². The molecule has 18 heavy (non-hydrogen) atoms. The molecule has 3 nitrogen and oxygen atoms in total. The molecular weight excluding hydrogens is 224 g/mol. The smallest absolute Gasteiger partial charge is 0.0789 e. The number of hydrogen-bond donors (Lipinski definition) is 1. The zero-order chi connectivity index (χ0) is 13.4. The van der Waals surface area contributed by atoms with Gasteiger partial charge in [-0.25, -0.2) is 0 Å². The maximum atomic E-state index is 6.25. The second kappa shape index (κ2) is 5.10. The number of likely N-dealkylation sites (tertiary alicyclic amines) is 1. The highest BCUT2D eigenvalue weighted by atomic mass is 16.5. The summed E-state index contributed by atoms with van der Waals surface area (Å²) in [4.78, 5) is 2.71. The molecule has 2 N–H and O–H groups in total. The Bertz CT molecular complexity index is 288. The topological polar surface area (TPSA) is 38.5 Å². The fourth-order valence-electron chi connectivity index (χ4n) is 3.98. The van der Waals surface area contributed by atoms with Crippen LogP contribution in [0.25, 0.3) is 0 Å². The van der Waals surface area contributed by atoms with Gasteiger partial charge in [0.05, 0.1) is 11.2 Å². The van der Waals surface area contributed by atoms with E-state index in [0.29, 0.717) is 6.04 Å². The van der Waals surface area contributed by atoms with Gasteiger partial charge in [-0.05, 0) is 72.9 Å². The van der Waals surface area contributed by atoms with Gasteiger partial charge in [-0.15, -0.1) is 0 Å². The van der Waals surface area contributed by atoms with Crippen LogP contribution in [0, 0.1) is 0 Å². The van der Waals surface area contributed by atoms with Gasteiger partial charge >= 0.3 is 0 Å². The van der Waals surface area contributed by atoms with E-state index in [4.69, 9.17) is 10.5 Å². The molecule has 2 saturated heterocycles.